The second-order valence-electron chi connectivity index (χ2n) is 8.60. The van der Waals surface area contributed by atoms with Crippen LogP contribution in [0, 0.1) is 6.92 Å². The number of imide groups is 1. The van der Waals surface area contributed by atoms with Gasteiger partial charge >= 0.3 is 0 Å². The van der Waals surface area contributed by atoms with Gasteiger partial charge in [0.1, 0.15) is 11.4 Å². The summed E-state index contributed by atoms with van der Waals surface area (Å²) in [6, 6.07) is 22.6. The van der Waals surface area contributed by atoms with Gasteiger partial charge in [-0.2, -0.15) is 0 Å². The Bertz CT molecular complexity index is 1260. The number of methoxy groups -OCH3 is 1. The van der Waals surface area contributed by atoms with Crippen LogP contribution in [0.4, 0.5) is 17.1 Å². The van der Waals surface area contributed by atoms with E-state index in [1.165, 1.54) is 17.7 Å². The van der Waals surface area contributed by atoms with Gasteiger partial charge in [-0.15, -0.1) is 0 Å². The lowest BCUT2D eigenvalue weighted by Gasteiger charge is -2.20. The topological polar surface area (TPSA) is 61.9 Å². The standard InChI is InChI=1S/C28H27N3O3/c1-19-10-15-24(34-2)23(18-19)29-26-25(20-8-4-3-5-9-20)27(32)31(28(26)33)22-13-11-21(12-14-22)30-16-6-7-17-30/h3-5,8-15,18,29H,6-7,16-17H2,1-2H3. The number of carbonyl (C=O) groups excluding carboxylic acids is 2. The molecule has 2 aliphatic rings. The van der Waals surface area contributed by atoms with Crippen LogP contribution in [-0.4, -0.2) is 32.0 Å². The molecule has 0 atom stereocenters. The number of aryl methyl sites for hydroxylation is 1. The van der Waals surface area contributed by atoms with Crippen LogP contribution in [-0.2, 0) is 9.59 Å². The first-order chi connectivity index (χ1) is 16.6. The van der Waals surface area contributed by atoms with Gasteiger partial charge in [-0.05, 0) is 67.3 Å². The van der Waals surface area contributed by atoms with Crippen molar-refractivity contribution in [1.29, 1.82) is 0 Å². The van der Waals surface area contributed by atoms with Gasteiger partial charge in [-0.3, -0.25) is 9.59 Å². The van der Waals surface area contributed by atoms with Crippen molar-refractivity contribution < 1.29 is 14.3 Å². The molecule has 0 aromatic heterocycles. The maximum Gasteiger partial charge on any atom is 0.282 e. The summed E-state index contributed by atoms with van der Waals surface area (Å²) in [6.45, 7) is 4.03. The van der Waals surface area contributed by atoms with Crippen molar-refractivity contribution in [2.75, 3.05) is 35.3 Å². The van der Waals surface area contributed by atoms with Crippen molar-refractivity contribution >= 4 is 34.4 Å². The Kier molecular flexibility index (Phi) is 5.80. The molecule has 2 aliphatic heterocycles. The quantitative estimate of drug-likeness (QED) is 0.532. The normalized spacial score (nSPS) is 15.9. The number of hydrogen-bond acceptors (Lipinski definition) is 5. The number of benzene rings is 3. The van der Waals surface area contributed by atoms with Crippen LogP contribution in [0.15, 0.2) is 78.5 Å². The summed E-state index contributed by atoms with van der Waals surface area (Å²) in [5.74, 6) is -0.139. The van der Waals surface area contributed by atoms with Gasteiger partial charge in [-0.25, -0.2) is 4.90 Å². The Morgan fingerprint density at radius 1 is 0.824 bits per heavy atom. The average Bonchev–Trinajstić information content (AvgIpc) is 3.47. The summed E-state index contributed by atoms with van der Waals surface area (Å²) in [5.41, 5.74) is 4.58. The van der Waals surface area contributed by atoms with Gasteiger partial charge in [0.05, 0.1) is 24.1 Å². The zero-order valence-corrected chi connectivity index (χ0v) is 19.4. The molecule has 0 aliphatic carbocycles. The Balaban J connectivity index is 1.54. The maximum atomic E-state index is 13.7. The number of anilines is 3. The highest BCUT2D eigenvalue weighted by Gasteiger charge is 2.40. The first-order valence-electron chi connectivity index (χ1n) is 11.5. The zero-order valence-electron chi connectivity index (χ0n) is 19.4. The first kappa shape index (κ1) is 21.8. The van der Waals surface area contributed by atoms with Gasteiger partial charge in [0.25, 0.3) is 11.8 Å². The number of nitrogens with zero attached hydrogens (tertiary/aromatic N) is 2. The summed E-state index contributed by atoms with van der Waals surface area (Å²) in [4.78, 5) is 30.9. The van der Waals surface area contributed by atoms with Crippen LogP contribution >= 0.6 is 0 Å². The maximum absolute atomic E-state index is 13.7. The number of hydrogen-bond donors (Lipinski definition) is 1. The second kappa shape index (κ2) is 9.06. The monoisotopic (exact) mass is 453 g/mol. The van der Waals surface area contributed by atoms with E-state index >= 15 is 0 Å². The van der Waals surface area contributed by atoms with Crippen molar-refractivity contribution in [3.05, 3.63) is 89.6 Å². The molecular weight excluding hydrogens is 426 g/mol. The number of carbonyl (C=O) groups is 2. The van der Waals surface area contributed by atoms with Crippen LogP contribution in [0.2, 0.25) is 0 Å². The SMILES string of the molecule is COc1ccc(C)cc1NC1=C(c2ccccc2)C(=O)N(c2ccc(N3CCCC3)cc2)C1=O. The van der Waals surface area contributed by atoms with Crippen molar-refractivity contribution in [1.82, 2.24) is 0 Å². The first-order valence-corrected chi connectivity index (χ1v) is 11.5. The molecule has 1 N–H and O–H groups in total. The zero-order chi connectivity index (χ0) is 23.7. The Labute approximate surface area is 199 Å². The van der Waals surface area contributed by atoms with Gasteiger partial charge in [-0.1, -0.05) is 36.4 Å². The van der Waals surface area contributed by atoms with Crippen LogP contribution < -0.4 is 19.9 Å². The van der Waals surface area contributed by atoms with Gasteiger partial charge < -0.3 is 15.0 Å². The fraction of sp³-hybridized carbons (Fsp3) is 0.214. The lowest BCUT2D eigenvalue weighted by atomic mass is 10.0. The molecule has 1 saturated heterocycles. The minimum Gasteiger partial charge on any atom is -0.495 e. The second-order valence-corrected chi connectivity index (χ2v) is 8.60. The highest BCUT2D eigenvalue weighted by atomic mass is 16.5. The molecule has 0 spiro atoms. The third kappa shape index (κ3) is 3.92. The van der Waals surface area contributed by atoms with Gasteiger partial charge in [0, 0.05) is 18.8 Å². The summed E-state index contributed by atoms with van der Waals surface area (Å²) in [7, 11) is 1.58. The summed E-state index contributed by atoms with van der Waals surface area (Å²) >= 11 is 0. The molecule has 2 amide bonds. The molecule has 6 heteroatoms. The number of nitrogens with one attached hydrogen (secondary N) is 1. The van der Waals surface area contributed by atoms with E-state index in [0.717, 1.165) is 24.3 Å². The predicted molar refractivity (Wildman–Crippen MR) is 135 cm³/mol. The average molecular weight is 454 g/mol. The number of amides is 2. The van der Waals surface area contributed by atoms with Crippen molar-refractivity contribution in [3.8, 4) is 5.75 Å². The predicted octanol–water partition coefficient (Wildman–Crippen LogP) is 5.00. The molecule has 3 aromatic rings. The number of rotatable bonds is 6. The Hall–Kier alpha value is -4.06. The van der Waals surface area contributed by atoms with E-state index in [4.69, 9.17) is 4.74 Å². The molecule has 1 fully saturated rings. The third-order valence-corrected chi connectivity index (χ3v) is 6.34. The van der Waals surface area contributed by atoms with E-state index in [1.54, 1.807) is 7.11 Å². The van der Waals surface area contributed by atoms with E-state index in [2.05, 4.69) is 10.2 Å². The fourth-order valence-corrected chi connectivity index (χ4v) is 4.59. The third-order valence-electron chi connectivity index (χ3n) is 6.34. The highest BCUT2D eigenvalue weighted by Crippen LogP contribution is 2.36. The van der Waals surface area contributed by atoms with E-state index in [0.29, 0.717) is 28.3 Å². The molecule has 0 radical (unpaired) electrons. The van der Waals surface area contributed by atoms with Crippen LogP contribution in [0.3, 0.4) is 0 Å². The van der Waals surface area contributed by atoms with Crippen molar-refractivity contribution in [2.45, 2.75) is 19.8 Å². The molecular formula is C28H27N3O3. The molecule has 6 nitrogen and oxygen atoms in total. The molecule has 34 heavy (non-hydrogen) atoms. The highest BCUT2D eigenvalue weighted by molar-refractivity contribution is 6.46. The molecule has 0 saturated carbocycles. The lowest BCUT2D eigenvalue weighted by Crippen LogP contribution is -2.32. The van der Waals surface area contributed by atoms with Crippen LogP contribution in [0.1, 0.15) is 24.0 Å². The molecule has 5 rings (SSSR count). The summed E-state index contributed by atoms with van der Waals surface area (Å²) in [5, 5.41) is 3.22. The summed E-state index contributed by atoms with van der Waals surface area (Å²) < 4.78 is 5.49. The summed E-state index contributed by atoms with van der Waals surface area (Å²) in [6.07, 6.45) is 2.37. The minimum atomic E-state index is -0.388. The van der Waals surface area contributed by atoms with Crippen LogP contribution in [0.25, 0.3) is 5.57 Å². The lowest BCUT2D eigenvalue weighted by molar-refractivity contribution is -0.120. The van der Waals surface area contributed by atoms with E-state index in [-0.39, 0.29) is 17.5 Å². The Morgan fingerprint density at radius 2 is 1.50 bits per heavy atom. The van der Waals surface area contributed by atoms with E-state index in [1.807, 2.05) is 79.7 Å². The molecule has 172 valence electrons. The Morgan fingerprint density at radius 3 is 2.18 bits per heavy atom. The van der Waals surface area contributed by atoms with Gasteiger partial charge in [0.15, 0.2) is 0 Å². The molecule has 0 bridgehead atoms. The van der Waals surface area contributed by atoms with Crippen LogP contribution in [0.5, 0.6) is 5.75 Å². The van der Waals surface area contributed by atoms with Gasteiger partial charge in [0.2, 0.25) is 0 Å². The van der Waals surface area contributed by atoms with E-state index in [9.17, 15) is 9.59 Å². The molecule has 3 aromatic carbocycles. The van der Waals surface area contributed by atoms with E-state index < -0.39 is 0 Å². The number of ether oxygens (including phenoxy) is 1. The fourth-order valence-electron chi connectivity index (χ4n) is 4.59. The minimum absolute atomic E-state index is 0.240. The van der Waals surface area contributed by atoms with Crippen molar-refractivity contribution in [3.63, 3.8) is 0 Å². The smallest absolute Gasteiger partial charge is 0.282 e. The largest absolute Gasteiger partial charge is 0.495 e. The molecule has 0 unspecified atom stereocenters. The van der Waals surface area contributed by atoms with Crippen molar-refractivity contribution in [2.24, 2.45) is 0 Å². The molecule has 2 heterocycles.